The minimum atomic E-state index is -0.253. The lowest BCUT2D eigenvalue weighted by atomic mass is 9.95. The fourth-order valence-electron chi connectivity index (χ4n) is 2.01. The zero-order valence-corrected chi connectivity index (χ0v) is 6.97. The molecule has 0 aromatic rings. The van der Waals surface area contributed by atoms with Crippen molar-refractivity contribution in [1.29, 1.82) is 0 Å². The van der Waals surface area contributed by atoms with Crippen LogP contribution in [0.15, 0.2) is 0 Å². The third-order valence-corrected chi connectivity index (χ3v) is 3.07. The normalized spacial score (nSPS) is 36.3. The van der Waals surface area contributed by atoms with Crippen molar-refractivity contribution >= 4 is 0 Å². The van der Waals surface area contributed by atoms with Gasteiger partial charge in [-0.3, -0.25) is 0 Å². The Morgan fingerprint density at radius 2 is 2.09 bits per heavy atom. The molecule has 1 heterocycles. The Hall–Kier alpha value is -0.0800. The van der Waals surface area contributed by atoms with Crippen molar-refractivity contribution in [2.75, 3.05) is 13.1 Å². The van der Waals surface area contributed by atoms with Crippen LogP contribution in [-0.4, -0.2) is 23.8 Å². The molecule has 1 atom stereocenters. The molecule has 2 N–H and O–H groups in total. The summed E-state index contributed by atoms with van der Waals surface area (Å²) in [6.45, 7) is 2.18. The van der Waals surface area contributed by atoms with Crippen LogP contribution in [0.2, 0.25) is 0 Å². The molecule has 2 nitrogen and oxygen atoms in total. The summed E-state index contributed by atoms with van der Waals surface area (Å²) in [6, 6.07) is 0. The van der Waals surface area contributed by atoms with Gasteiger partial charge >= 0.3 is 0 Å². The molecule has 1 aliphatic heterocycles. The van der Waals surface area contributed by atoms with E-state index in [4.69, 9.17) is 0 Å². The van der Waals surface area contributed by atoms with E-state index in [-0.39, 0.29) is 5.60 Å². The Labute approximate surface area is 68.0 Å². The molecule has 0 bridgehead atoms. The minimum absolute atomic E-state index is 0.253. The van der Waals surface area contributed by atoms with Gasteiger partial charge < -0.3 is 10.4 Å². The molecule has 1 unspecified atom stereocenters. The second-order valence-electron chi connectivity index (χ2n) is 4.00. The Morgan fingerprint density at radius 1 is 1.27 bits per heavy atom. The molecule has 0 aromatic carbocycles. The molecule has 1 saturated heterocycles. The third-order valence-electron chi connectivity index (χ3n) is 3.07. The van der Waals surface area contributed by atoms with E-state index >= 15 is 0 Å². The fraction of sp³-hybridized carbons (Fsp3) is 1.00. The van der Waals surface area contributed by atoms with Crippen LogP contribution >= 0.6 is 0 Å². The maximum absolute atomic E-state index is 9.84. The highest BCUT2D eigenvalue weighted by Gasteiger charge is 2.46. The van der Waals surface area contributed by atoms with Crippen LogP contribution in [0.1, 0.15) is 32.1 Å². The van der Waals surface area contributed by atoms with E-state index in [1.807, 2.05) is 0 Å². The first kappa shape index (κ1) is 7.56. The van der Waals surface area contributed by atoms with Gasteiger partial charge in [-0.15, -0.1) is 0 Å². The summed E-state index contributed by atoms with van der Waals surface area (Å²) in [6.07, 6.45) is 5.88. The topological polar surface area (TPSA) is 32.3 Å². The Kier molecular flexibility index (Phi) is 1.90. The summed E-state index contributed by atoms with van der Waals surface area (Å²) in [5.41, 5.74) is -0.253. The van der Waals surface area contributed by atoms with Crippen LogP contribution in [0.5, 0.6) is 0 Å². The van der Waals surface area contributed by atoms with Gasteiger partial charge in [-0.1, -0.05) is 6.42 Å². The van der Waals surface area contributed by atoms with Gasteiger partial charge in [0.05, 0.1) is 5.60 Å². The van der Waals surface area contributed by atoms with Gasteiger partial charge in [0, 0.05) is 12.5 Å². The molecule has 64 valence electrons. The molecule has 0 spiro atoms. The summed E-state index contributed by atoms with van der Waals surface area (Å²) < 4.78 is 0. The van der Waals surface area contributed by atoms with Crippen molar-refractivity contribution in [2.45, 2.75) is 37.7 Å². The van der Waals surface area contributed by atoms with Gasteiger partial charge in [0.15, 0.2) is 0 Å². The number of aliphatic hydroxyl groups is 1. The summed E-state index contributed by atoms with van der Waals surface area (Å²) in [5.74, 6) is 0.546. The smallest absolute Gasteiger partial charge is 0.0690 e. The molecule has 2 heteroatoms. The summed E-state index contributed by atoms with van der Waals surface area (Å²) in [4.78, 5) is 0. The summed E-state index contributed by atoms with van der Waals surface area (Å²) in [5, 5.41) is 13.2. The lowest BCUT2D eigenvalue weighted by molar-refractivity contribution is 0.0791. The van der Waals surface area contributed by atoms with Crippen LogP contribution in [0.4, 0.5) is 0 Å². The molecule has 0 amide bonds. The van der Waals surface area contributed by atoms with E-state index in [1.54, 1.807) is 0 Å². The number of rotatable bonds is 1. The lowest BCUT2D eigenvalue weighted by Gasteiger charge is -2.19. The second-order valence-corrected chi connectivity index (χ2v) is 4.00. The first-order chi connectivity index (χ1) is 5.31. The fourth-order valence-corrected chi connectivity index (χ4v) is 2.01. The summed E-state index contributed by atoms with van der Waals surface area (Å²) in [7, 11) is 0. The van der Waals surface area contributed by atoms with Gasteiger partial charge in [0.25, 0.3) is 0 Å². The van der Waals surface area contributed by atoms with Crippen LogP contribution < -0.4 is 5.32 Å². The van der Waals surface area contributed by atoms with E-state index in [2.05, 4.69) is 5.32 Å². The minimum Gasteiger partial charge on any atom is -0.390 e. The first-order valence-corrected chi connectivity index (χ1v) is 4.74. The van der Waals surface area contributed by atoms with Crippen LogP contribution in [0.3, 0.4) is 0 Å². The second kappa shape index (κ2) is 2.76. The van der Waals surface area contributed by atoms with Crippen molar-refractivity contribution in [3.63, 3.8) is 0 Å². The molecule has 2 rings (SSSR count). The molecule has 0 aromatic heterocycles. The van der Waals surface area contributed by atoms with E-state index in [1.165, 1.54) is 19.3 Å². The highest BCUT2D eigenvalue weighted by Crippen LogP contribution is 2.44. The average molecular weight is 155 g/mol. The molecule has 0 radical (unpaired) electrons. The zero-order valence-electron chi connectivity index (χ0n) is 6.97. The SMILES string of the molecule is OC1(C2CCCCNC2)CC1. The van der Waals surface area contributed by atoms with E-state index in [0.717, 1.165) is 25.9 Å². The highest BCUT2D eigenvalue weighted by molar-refractivity contribution is 5.00. The van der Waals surface area contributed by atoms with Crippen molar-refractivity contribution in [2.24, 2.45) is 5.92 Å². The number of nitrogens with one attached hydrogen (secondary N) is 1. The molecule has 1 saturated carbocycles. The molecular formula is C9H17NO. The van der Waals surface area contributed by atoms with Gasteiger partial charge in [-0.2, -0.15) is 0 Å². The Balaban J connectivity index is 1.90. The molecule has 2 aliphatic rings. The van der Waals surface area contributed by atoms with Crippen molar-refractivity contribution < 1.29 is 5.11 Å². The maximum Gasteiger partial charge on any atom is 0.0690 e. The monoisotopic (exact) mass is 155 g/mol. The van der Waals surface area contributed by atoms with E-state index < -0.39 is 0 Å². The van der Waals surface area contributed by atoms with E-state index in [0.29, 0.717) is 5.92 Å². The average Bonchev–Trinajstić information content (AvgIpc) is 2.73. The summed E-state index contributed by atoms with van der Waals surface area (Å²) >= 11 is 0. The quantitative estimate of drug-likeness (QED) is 0.589. The Morgan fingerprint density at radius 3 is 2.82 bits per heavy atom. The largest absolute Gasteiger partial charge is 0.390 e. The predicted octanol–water partition coefficient (Wildman–Crippen LogP) is 0.901. The third kappa shape index (κ3) is 1.57. The van der Waals surface area contributed by atoms with Crippen molar-refractivity contribution in [3.8, 4) is 0 Å². The van der Waals surface area contributed by atoms with Crippen molar-refractivity contribution in [1.82, 2.24) is 5.32 Å². The lowest BCUT2D eigenvalue weighted by Crippen LogP contribution is -2.31. The van der Waals surface area contributed by atoms with Gasteiger partial charge in [-0.05, 0) is 32.2 Å². The van der Waals surface area contributed by atoms with Gasteiger partial charge in [0.1, 0.15) is 0 Å². The Bertz CT molecular complexity index is 134. The predicted molar refractivity (Wildman–Crippen MR) is 44.4 cm³/mol. The van der Waals surface area contributed by atoms with Crippen LogP contribution in [0, 0.1) is 5.92 Å². The maximum atomic E-state index is 9.84. The highest BCUT2D eigenvalue weighted by atomic mass is 16.3. The molecule has 11 heavy (non-hydrogen) atoms. The zero-order chi connectivity index (χ0) is 7.73. The first-order valence-electron chi connectivity index (χ1n) is 4.74. The number of hydrogen-bond acceptors (Lipinski definition) is 2. The molecular weight excluding hydrogens is 138 g/mol. The van der Waals surface area contributed by atoms with Crippen LogP contribution in [0.25, 0.3) is 0 Å². The van der Waals surface area contributed by atoms with Crippen molar-refractivity contribution in [3.05, 3.63) is 0 Å². The van der Waals surface area contributed by atoms with Gasteiger partial charge in [0.2, 0.25) is 0 Å². The van der Waals surface area contributed by atoms with Gasteiger partial charge in [-0.25, -0.2) is 0 Å². The molecule has 2 fully saturated rings. The van der Waals surface area contributed by atoms with E-state index in [9.17, 15) is 5.11 Å². The standard InChI is InChI=1S/C9H17NO/c11-9(4-5-9)8-3-1-2-6-10-7-8/h8,10-11H,1-7H2. The van der Waals surface area contributed by atoms with Crippen LogP contribution in [-0.2, 0) is 0 Å². The molecule has 1 aliphatic carbocycles. The number of hydrogen-bond donors (Lipinski definition) is 2.